The summed E-state index contributed by atoms with van der Waals surface area (Å²) in [5.74, 6) is 2.31. The molecule has 0 aromatic heterocycles. The monoisotopic (exact) mass is 502 g/mol. The van der Waals surface area contributed by atoms with Gasteiger partial charge in [-0.1, -0.05) is 18.2 Å². The van der Waals surface area contributed by atoms with Gasteiger partial charge in [0.25, 0.3) is 0 Å². The van der Waals surface area contributed by atoms with E-state index in [4.69, 9.17) is 18.0 Å². The summed E-state index contributed by atoms with van der Waals surface area (Å²) in [5.41, 5.74) is 1.36. The summed E-state index contributed by atoms with van der Waals surface area (Å²) >= 11 is 0. The Balaban J connectivity index is 2.44. The summed E-state index contributed by atoms with van der Waals surface area (Å²) < 4.78 is 24.1. The number of hydrogen-bond donors (Lipinski definition) is 0. The number of rotatable bonds is 10. The van der Waals surface area contributed by atoms with Gasteiger partial charge in [-0.15, -0.1) is 0 Å². The van der Waals surface area contributed by atoms with E-state index in [0.717, 1.165) is 11.3 Å². The van der Waals surface area contributed by atoms with Crippen molar-refractivity contribution in [3.05, 3.63) is 53.6 Å². The molecule has 0 N–H and O–H groups in total. The Kier molecular flexibility index (Phi) is 8.42. The van der Waals surface area contributed by atoms with Crippen LogP contribution in [0.1, 0.15) is 15.9 Å². The van der Waals surface area contributed by atoms with Crippen LogP contribution in [0.3, 0.4) is 0 Å². The molecular weight excluding hydrogens is 465 g/mol. The predicted molar refractivity (Wildman–Crippen MR) is 145 cm³/mol. The molecule has 0 radical (unpaired) electrons. The fraction of sp³-hybridized carbons (Fsp3) is 0.400. The molecular formula is C25H38O5Si3. The maximum absolute atomic E-state index is 13.4. The first kappa shape index (κ1) is 26.9. The number of ketones is 1. The molecule has 0 aliphatic heterocycles. The third kappa shape index (κ3) is 9.23. The predicted octanol–water partition coefficient (Wildman–Crippen LogP) is 7.23. The van der Waals surface area contributed by atoms with E-state index >= 15 is 0 Å². The summed E-state index contributed by atoms with van der Waals surface area (Å²) in [6.45, 7) is 18.9. The van der Waals surface area contributed by atoms with E-state index in [1.54, 1.807) is 25.3 Å². The van der Waals surface area contributed by atoms with Crippen LogP contribution >= 0.6 is 0 Å². The lowest BCUT2D eigenvalue weighted by Crippen LogP contribution is -2.32. The molecule has 0 atom stereocenters. The molecule has 0 saturated heterocycles. The lowest BCUT2D eigenvalue weighted by Gasteiger charge is -2.26. The SMILES string of the molecule is COc1cc(O[Si](C)(C)C)c(C(=O)/C=C\c2ccc(O[Si](C)(C)C)cc2)c(O[Si](C)(C)C)c1. The van der Waals surface area contributed by atoms with Crippen LogP contribution in [-0.4, -0.2) is 37.8 Å². The topological polar surface area (TPSA) is 54.0 Å². The summed E-state index contributed by atoms with van der Waals surface area (Å²) in [6, 6.07) is 11.3. The molecule has 0 saturated carbocycles. The normalized spacial score (nSPS) is 12.5. The maximum atomic E-state index is 13.4. The van der Waals surface area contributed by atoms with Crippen LogP contribution in [0.2, 0.25) is 58.9 Å². The van der Waals surface area contributed by atoms with Crippen molar-refractivity contribution >= 4 is 36.8 Å². The molecule has 0 bridgehead atoms. The van der Waals surface area contributed by atoms with Crippen LogP contribution in [0, 0.1) is 0 Å². The molecule has 0 amide bonds. The van der Waals surface area contributed by atoms with Crippen LogP contribution in [0.4, 0.5) is 0 Å². The second kappa shape index (κ2) is 10.3. The van der Waals surface area contributed by atoms with Gasteiger partial charge in [0.05, 0.1) is 7.11 Å². The van der Waals surface area contributed by atoms with Gasteiger partial charge >= 0.3 is 0 Å². The van der Waals surface area contributed by atoms with Gasteiger partial charge in [0, 0.05) is 12.1 Å². The number of hydrogen-bond acceptors (Lipinski definition) is 5. The Bertz CT molecular complexity index is 958. The van der Waals surface area contributed by atoms with E-state index < -0.39 is 25.0 Å². The molecule has 0 aliphatic carbocycles. The maximum Gasteiger partial charge on any atom is 0.242 e. The summed E-state index contributed by atoms with van der Waals surface area (Å²) in [6.07, 6.45) is 3.38. The van der Waals surface area contributed by atoms with Crippen LogP contribution in [0.25, 0.3) is 6.08 Å². The number of carbonyl (C=O) groups excluding carboxylic acids is 1. The average Bonchev–Trinajstić information content (AvgIpc) is 2.63. The van der Waals surface area contributed by atoms with Gasteiger partial charge in [-0.3, -0.25) is 4.79 Å². The standard InChI is InChI=1S/C25H38O5Si3/c1-27-21-17-23(29-32(5,6)7)25(24(18-21)30-33(8,9)10)22(26)16-13-19-11-14-20(15-12-19)28-31(2,3)4/h11-18H,1-10H3/b16-13-. The van der Waals surface area contributed by atoms with Crippen molar-refractivity contribution < 1.29 is 22.8 Å². The zero-order chi connectivity index (χ0) is 25.0. The van der Waals surface area contributed by atoms with Gasteiger partial charge in [-0.05, 0) is 82.7 Å². The molecule has 0 spiro atoms. The number of allylic oxidation sites excluding steroid dienone is 1. The van der Waals surface area contributed by atoms with Crippen molar-refractivity contribution in [1.82, 2.24) is 0 Å². The van der Waals surface area contributed by atoms with Crippen LogP contribution in [0.15, 0.2) is 42.5 Å². The Hall–Kier alpha value is -2.30. The van der Waals surface area contributed by atoms with Crippen molar-refractivity contribution in [3.8, 4) is 23.0 Å². The third-order valence-electron chi connectivity index (χ3n) is 4.09. The van der Waals surface area contributed by atoms with E-state index in [1.807, 2.05) is 30.3 Å². The van der Waals surface area contributed by atoms with Gasteiger partial charge in [-0.25, -0.2) is 0 Å². The van der Waals surface area contributed by atoms with Crippen molar-refractivity contribution in [2.24, 2.45) is 0 Å². The van der Waals surface area contributed by atoms with Crippen molar-refractivity contribution in [2.45, 2.75) is 58.9 Å². The Morgan fingerprint density at radius 2 is 1.15 bits per heavy atom. The first-order chi connectivity index (χ1) is 15.1. The minimum atomic E-state index is -1.99. The Morgan fingerprint density at radius 3 is 1.55 bits per heavy atom. The van der Waals surface area contributed by atoms with Gasteiger partial charge in [0.2, 0.25) is 25.0 Å². The molecule has 0 aliphatic rings. The zero-order valence-corrected chi connectivity index (χ0v) is 24.7. The second-order valence-electron chi connectivity index (χ2n) is 10.9. The van der Waals surface area contributed by atoms with Gasteiger partial charge in [0.15, 0.2) is 5.78 Å². The van der Waals surface area contributed by atoms with Gasteiger partial charge < -0.3 is 18.0 Å². The van der Waals surface area contributed by atoms with Crippen molar-refractivity contribution in [3.63, 3.8) is 0 Å². The summed E-state index contributed by atoms with van der Waals surface area (Å²) in [5, 5.41) is 0. The van der Waals surface area contributed by atoms with E-state index in [-0.39, 0.29) is 5.78 Å². The third-order valence-corrected chi connectivity index (χ3v) is 6.60. The molecule has 0 unspecified atom stereocenters. The molecule has 5 nitrogen and oxygen atoms in total. The number of carbonyl (C=O) groups is 1. The molecule has 0 fully saturated rings. The number of ether oxygens (including phenoxy) is 1. The fourth-order valence-corrected chi connectivity index (χ4v) is 5.49. The van der Waals surface area contributed by atoms with Crippen LogP contribution in [0.5, 0.6) is 23.0 Å². The van der Waals surface area contributed by atoms with Crippen LogP contribution < -0.4 is 18.0 Å². The molecule has 2 aromatic rings. The van der Waals surface area contributed by atoms with Gasteiger partial charge in [-0.2, -0.15) is 0 Å². The molecule has 0 heterocycles. The zero-order valence-electron chi connectivity index (χ0n) is 21.7. The second-order valence-corrected chi connectivity index (χ2v) is 24.2. The van der Waals surface area contributed by atoms with Gasteiger partial charge in [0.1, 0.15) is 28.6 Å². The Morgan fingerprint density at radius 1 is 0.697 bits per heavy atom. The average molecular weight is 503 g/mol. The molecule has 2 rings (SSSR count). The lowest BCUT2D eigenvalue weighted by molar-refractivity contribution is 0.104. The molecule has 2 aromatic carbocycles. The minimum Gasteiger partial charge on any atom is -0.544 e. The quantitative estimate of drug-likeness (QED) is 0.195. The minimum absolute atomic E-state index is 0.165. The van der Waals surface area contributed by atoms with E-state index in [2.05, 4.69) is 58.9 Å². The fourth-order valence-electron chi connectivity index (χ4n) is 3.00. The molecule has 180 valence electrons. The summed E-state index contributed by atoms with van der Waals surface area (Å²) in [7, 11) is -4.04. The largest absolute Gasteiger partial charge is 0.544 e. The van der Waals surface area contributed by atoms with Crippen molar-refractivity contribution in [2.75, 3.05) is 7.11 Å². The van der Waals surface area contributed by atoms with E-state index in [0.29, 0.717) is 22.8 Å². The first-order valence-corrected chi connectivity index (χ1v) is 21.4. The van der Waals surface area contributed by atoms with Crippen molar-refractivity contribution in [1.29, 1.82) is 0 Å². The first-order valence-electron chi connectivity index (χ1n) is 11.2. The summed E-state index contributed by atoms with van der Waals surface area (Å²) in [4.78, 5) is 13.4. The smallest absolute Gasteiger partial charge is 0.242 e. The highest BCUT2D eigenvalue weighted by molar-refractivity contribution is 6.71. The van der Waals surface area contributed by atoms with E-state index in [1.165, 1.54) is 0 Å². The van der Waals surface area contributed by atoms with Crippen LogP contribution in [-0.2, 0) is 0 Å². The Labute approximate surface area is 202 Å². The van der Waals surface area contributed by atoms with E-state index in [9.17, 15) is 4.79 Å². The highest BCUT2D eigenvalue weighted by Gasteiger charge is 2.27. The highest BCUT2D eigenvalue weighted by Crippen LogP contribution is 2.37. The lowest BCUT2D eigenvalue weighted by atomic mass is 10.1. The number of methoxy groups -OCH3 is 1. The molecule has 8 heteroatoms. The molecule has 33 heavy (non-hydrogen) atoms. The number of benzene rings is 2. The highest BCUT2D eigenvalue weighted by atomic mass is 28.4.